The molecule has 1 amide bonds. The summed E-state index contributed by atoms with van der Waals surface area (Å²) in [5, 5.41) is 24.9. The van der Waals surface area contributed by atoms with E-state index in [4.69, 9.17) is 20.9 Å². The number of halogens is 2. The molecule has 0 radical (unpaired) electrons. The average Bonchev–Trinajstić information content (AvgIpc) is 3.33. The zero-order valence-corrected chi connectivity index (χ0v) is 22.7. The van der Waals surface area contributed by atoms with Gasteiger partial charge in [0.2, 0.25) is 0 Å². The molecule has 0 atom stereocenters. The first-order valence-electron chi connectivity index (χ1n) is 12.5. The molecule has 5 aromatic rings. The second-order valence-corrected chi connectivity index (χ2v) is 9.12. The summed E-state index contributed by atoms with van der Waals surface area (Å²) in [6.45, 7) is -0.290. The number of methoxy groups -OCH3 is 2. The van der Waals surface area contributed by atoms with E-state index in [1.165, 1.54) is 31.4 Å². The van der Waals surface area contributed by atoms with Gasteiger partial charge in [0.25, 0.3) is 5.95 Å². The summed E-state index contributed by atoms with van der Waals surface area (Å²) in [5.74, 6) is -1.58. The van der Waals surface area contributed by atoms with Crippen LogP contribution < -0.4 is 26.3 Å². The molecule has 0 aliphatic rings. The molecule has 2 aromatic carbocycles. The van der Waals surface area contributed by atoms with Crippen molar-refractivity contribution in [1.29, 1.82) is 0 Å². The van der Waals surface area contributed by atoms with Crippen LogP contribution in [0.3, 0.4) is 0 Å². The van der Waals surface area contributed by atoms with Crippen LogP contribution in [0.4, 0.5) is 36.6 Å². The molecule has 3 aromatic heterocycles. The van der Waals surface area contributed by atoms with E-state index in [2.05, 4.69) is 20.1 Å². The zero-order chi connectivity index (χ0) is 30.8. The van der Waals surface area contributed by atoms with Crippen LogP contribution in [0.15, 0.2) is 54.7 Å². The minimum Gasteiger partial charge on any atom is -0.733 e. The van der Waals surface area contributed by atoms with Crippen LogP contribution in [0.25, 0.3) is 17.0 Å². The molecule has 0 unspecified atom stereocenters. The highest BCUT2D eigenvalue weighted by Gasteiger charge is 2.27. The Kier molecular flexibility index (Phi) is 7.87. The Morgan fingerprint density at radius 2 is 1.79 bits per heavy atom. The highest BCUT2D eigenvalue weighted by atomic mass is 19.1. The van der Waals surface area contributed by atoms with E-state index in [0.717, 1.165) is 29.0 Å². The van der Waals surface area contributed by atoms with Crippen molar-refractivity contribution in [2.75, 3.05) is 35.8 Å². The van der Waals surface area contributed by atoms with Crippen molar-refractivity contribution < 1.29 is 28.3 Å². The number of carbonyl (C=O) groups excluding carboxylic acids is 1. The Bertz CT molecular complexity index is 1810. The number of hydrogen-bond acceptors (Lipinski definition) is 12. The molecule has 0 saturated heterocycles. The standard InChI is InChI=1S/C27H24F2N9O5/c1-42-21-8-7-17(38(40)41)9-15(21)13-36(27(39)43-2)23-24(30)33-26(34-25(23)31)37-20-11-16(28)12-32-22(20)19(35-37)10-14-5-3-4-6-18(14)29/h3-9,11-12,40H,10,13H2,1-2H3,(H4,30,31,33,34)/q-1. The van der Waals surface area contributed by atoms with Gasteiger partial charge in [0.05, 0.1) is 43.9 Å². The fraction of sp³-hybridized carbons (Fsp3) is 0.148. The predicted octanol–water partition coefficient (Wildman–Crippen LogP) is 3.72. The number of hydrogen-bond donors (Lipinski definition) is 3. The normalized spacial score (nSPS) is 11.0. The van der Waals surface area contributed by atoms with Crippen LogP contribution in [0.1, 0.15) is 16.8 Å². The third-order valence-corrected chi connectivity index (χ3v) is 6.47. The number of benzene rings is 2. The van der Waals surface area contributed by atoms with Gasteiger partial charge in [-0.05, 0) is 29.8 Å². The lowest BCUT2D eigenvalue weighted by Crippen LogP contribution is -2.32. The molecule has 0 saturated carbocycles. The maximum absolute atomic E-state index is 14.4. The lowest BCUT2D eigenvalue weighted by atomic mass is 10.1. The van der Waals surface area contributed by atoms with Gasteiger partial charge >= 0.3 is 6.09 Å². The van der Waals surface area contributed by atoms with Gasteiger partial charge in [-0.25, -0.2) is 18.6 Å². The van der Waals surface area contributed by atoms with Crippen LogP contribution in [-0.4, -0.2) is 50.3 Å². The maximum atomic E-state index is 14.4. The summed E-state index contributed by atoms with van der Waals surface area (Å²) in [5.41, 5.74) is 13.7. The van der Waals surface area contributed by atoms with E-state index in [0.29, 0.717) is 11.3 Å². The number of nitrogens with two attached hydrogens (primary N) is 2. The average molecular weight is 593 g/mol. The number of pyridine rings is 1. The van der Waals surface area contributed by atoms with Crippen molar-refractivity contribution in [2.45, 2.75) is 13.0 Å². The fourth-order valence-electron chi connectivity index (χ4n) is 4.50. The Morgan fingerprint density at radius 3 is 2.44 bits per heavy atom. The van der Waals surface area contributed by atoms with Crippen LogP contribution in [0.2, 0.25) is 0 Å². The molecular weight excluding hydrogens is 568 g/mol. The van der Waals surface area contributed by atoms with Gasteiger partial charge in [0.1, 0.15) is 28.6 Å². The predicted molar refractivity (Wildman–Crippen MR) is 152 cm³/mol. The lowest BCUT2D eigenvalue weighted by molar-refractivity contribution is 0.178. The molecule has 0 fully saturated rings. The molecule has 222 valence electrons. The Balaban J connectivity index is 1.59. The molecule has 43 heavy (non-hydrogen) atoms. The zero-order valence-electron chi connectivity index (χ0n) is 22.7. The number of ether oxygens (including phenoxy) is 2. The fourth-order valence-corrected chi connectivity index (χ4v) is 4.50. The number of aromatic nitrogens is 5. The second kappa shape index (κ2) is 11.7. The summed E-state index contributed by atoms with van der Waals surface area (Å²) in [6.07, 6.45) is 0.128. The largest absolute Gasteiger partial charge is 0.733 e. The van der Waals surface area contributed by atoms with Crippen molar-refractivity contribution in [2.24, 2.45) is 0 Å². The van der Waals surface area contributed by atoms with Gasteiger partial charge < -0.3 is 31.4 Å². The van der Waals surface area contributed by atoms with E-state index >= 15 is 0 Å². The first-order chi connectivity index (χ1) is 20.6. The number of fused-ring (bicyclic) bond motifs is 1. The van der Waals surface area contributed by atoms with Crippen molar-refractivity contribution in [3.05, 3.63) is 88.4 Å². The molecule has 0 aliphatic carbocycles. The van der Waals surface area contributed by atoms with Crippen LogP contribution >= 0.6 is 0 Å². The van der Waals surface area contributed by atoms with Gasteiger partial charge in [0.15, 0.2) is 11.6 Å². The molecule has 0 spiro atoms. The molecule has 3 heterocycles. The molecular formula is C27H24F2N9O5-. The molecule has 16 heteroatoms. The van der Waals surface area contributed by atoms with Crippen molar-refractivity contribution in [1.82, 2.24) is 24.7 Å². The van der Waals surface area contributed by atoms with Gasteiger partial charge in [-0.3, -0.25) is 10.1 Å². The molecule has 0 aliphatic heterocycles. The smallest absolute Gasteiger partial charge is 0.414 e. The van der Waals surface area contributed by atoms with Crippen LogP contribution in [0, 0.1) is 16.8 Å². The van der Waals surface area contributed by atoms with Gasteiger partial charge in [0, 0.05) is 18.1 Å². The maximum Gasteiger partial charge on any atom is 0.414 e. The van der Waals surface area contributed by atoms with E-state index in [-0.39, 0.29) is 69.5 Å². The lowest BCUT2D eigenvalue weighted by Gasteiger charge is -2.26. The summed E-state index contributed by atoms with van der Waals surface area (Å²) in [4.78, 5) is 26.6. The third-order valence-electron chi connectivity index (χ3n) is 6.47. The summed E-state index contributed by atoms with van der Waals surface area (Å²) < 4.78 is 40.1. The Hall–Kier alpha value is -5.61. The summed E-state index contributed by atoms with van der Waals surface area (Å²) in [7, 11) is 2.51. The number of anilines is 4. The number of amides is 1. The van der Waals surface area contributed by atoms with Crippen LogP contribution in [0.5, 0.6) is 5.75 Å². The van der Waals surface area contributed by atoms with E-state index in [1.807, 2.05) is 0 Å². The van der Waals surface area contributed by atoms with Crippen molar-refractivity contribution >= 4 is 40.1 Å². The SMILES string of the molecule is COC(=O)N(Cc1cc(N([O-])O)ccc1OC)c1c(N)nc(-n2nc(Cc3ccccc3F)c3ncc(F)cc32)nc1N. The van der Waals surface area contributed by atoms with E-state index in [1.54, 1.807) is 18.2 Å². The molecule has 0 bridgehead atoms. The highest BCUT2D eigenvalue weighted by molar-refractivity contribution is 5.95. The van der Waals surface area contributed by atoms with Gasteiger partial charge in [-0.15, -0.1) is 0 Å². The Morgan fingerprint density at radius 1 is 1.07 bits per heavy atom. The monoisotopic (exact) mass is 592 g/mol. The third kappa shape index (κ3) is 5.64. The van der Waals surface area contributed by atoms with E-state index < -0.39 is 17.7 Å². The first-order valence-corrected chi connectivity index (χ1v) is 12.5. The van der Waals surface area contributed by atoms with Gasteiger partial charge in [-0.1, -0.05) is 18.2 Å². The van der Waals surface area contributed by atoms with Crippen molar-refractivity contribution in [3.8, 4) is 11.7 Å². The van der Waals surface area contributed by atoms with E-state index in [9.17, 15) is 24.0 Å². The quantitative estimate of drug-likeness (QED) is 0.221. The first kappa shape index (κ1) is 28.9. The highest BCUT2D eigenvalue weighted by Crippen LogP contribution is 2.34. The van der Waals surface area contributed by atoms with Crippen molar-refractivity contribution in [3.63, 3.8) is 0 Å². The summed E-state index contributed by atoms with van der Waals surface area (Å²) in [6, 6.07) is 11.3. The number of rotatable bonds is 8. The summed E-state index contributed by atoms with van der Waals surface area (Å²) >= 11 is 0. The molecule has 5 rings (SSSR count). The minimum absolute atomic E-state index is 0.0312. The number of nitrogens with zero attached hydrogens (tertiary/aromatic N) is 7. The topological polar surface area (TPSA) is 194 Å². The minimum atomic E-state index is -0.909. The Labute approximate surface area is 242 Å². The number of nitrogen functional groups attached to an aromatic ring is 2. The molecule has 14 nitrogen and oxygen atoms in total. The molecule has 5 N–H and O–H groups in total. The second-order valence-electron chi connectivity index (χ2n) is 9.12. The van der Waals surface area contributed by atoms with Gasteiger partial charge in [-0.2, -0.15) is 19.7 Å². The number of carbonyl (C=O) groups is 1. The van der Waals surface area contributed by atoms with Crippen LogP contribution in [-0.2, 0) is 17.7 Å².